The highest BCUT2D eigenvalue weighted by Crippen LogP contribution is 2.28. The van der Waals surface area contributed by atoms with Gasteiger partial charge >= 0.3 is 0 Å². The van der Waals surface area contributed by atoms with Gasteiger partial charge in [0, 0.05) is 58.3 Å². The summed E-state index contributed by atoms with van der Waals surface area (Å²) in [6.07, 6.45) is 4.62. The number of hydrogen-bond donors (Lipinski definition) is 2. The van der Waals surface area contributed by atoms with Crippen molar-refractivity contribution in [3.63, 3.8) is 0 Å². The maximum atomic E-state index is 13.1. The molecule has 5 rings (SSSR count). The minimum absolute atomic E-state index is 0.0570. The molecule has 8 nitrogen and oxygen atoms in total. The maximum absolute atomic E-state index is 13.1. The molecular formula is C25H33N5O3S. The smallest absolute Gasteiger partial charge is 0.265 e. The molecule has 3 aliphatic rings. The summed E-state index contributed by atoms with van der Waals surface area (Å²) in [6.45, 7) is 5.91. The van der Waals surface area contributed by atoms with Crippen molar-refractivity contribution in [3.8, 4) is 0 Å². The predicted molar refractivity (Wildman–Crippen MR) is 132 cm³/mol. The molecule has 0 aliphatic carbocycles. The number of aliphatic hydroxyl groups excluding tert-OH is 1. The Morgan fingerprint density at radius 2 is 1.79 bits per heavy atom. The normalized spacial score (nSPS) is 24.1. The standard InChI is InChI=1S/C25H33N5O3S/c1-17(31)28-11-7-20(8-12-28)27-25-26-14-23(34-25)24(33)30-13-9-21(22(32)16-30)29-10-6-18-4-2-3-5-19(18)15-29/h2-5,14,20-22,32H,6-13,15-16H2,1H3,(H,26,27). The third kappa shape index (κ3) is 4.96. The second-order valence-corrected chi connectivity index (χ2v) is 10.6. The third-order valence-electron chi connectivity index (χ3n) is 7.45. The number of anilines is 1. The van der Waals surface area contributed by atoms with Crippen LogP contribution in [0.2, 0.25) is 0 Å². The van der Waals surface area contributed by atoms with Crippen molar-refractivity contribution in [1.82, 2.24) is 19.7 Å². The van der Waals surface area contributed by atoms with Gasteiger partial charge < -0.3 is 20.2 Å². The van der Waals surface area contributed by atoms with Crippen molar-refractivity contribution >= 4 is 28.3 Å². The predicted octanol–water partition coefficient (Wildman–Crippen LogP) is 2.20. The van der Waals surface area contributed by atoms with E-state index in [1.54, 1.807) is 18.0 Å². The molecule has 2 saturated heterocycles. The van der Waals surface area contributed by atoms with Gasteiger partial charge in [0.05, 0.1) is 12.3 Å². The van der Waals surface area contributed by atoms with Crippen LogP contribution in [0.15, 0.2) is 30.5 Å². The SMILES string of the molecule is CC(=O)N1CCC(Nc2ncc(C(=O)N3CCC(N4CCc5ccccc5C4)C(O)C3)s2)CC1. The first kappa shape index (κ1) is 23.3. The lowest BCUT2D eigenvalue weighted by Crippen LogP contribution is -2.56. The minimum atomic E-state index is -0.556. The molecule has 182 valence electrons. The van der Waals surface area contributed by atoms with Gasteiger partial charge in [-0.1, -0.05) is 35.6 Å². The van der Waals surface area contributed by atoms with E-state index in [9.17, 15) is 14.7 Å². The summed E-state index contributed by atoms with van der Waals surface area (Å²) in [5.74, 6) is 0.0649. The zero-order valence-electron chi connectivity index (χ0n) is 19.7. The quantitative estimate of drug-likeness (QED) is 0.693. The van der Waals surface area contributed by atoms with Crippen molar-refractivity contribution in [2.45, 2.75) is 57.3 Å². The Kier molecular flexibility index (Phi) is 6.85. The first-order chi connectivity index (χ1) is 16.5. The Morgan fingerprint density at radius 3 is 2.53 bits per heavy atom. The Hall–Kier alpha value is -2.49. The van der Waals surface area contributed by atoms with Gasteiger partial charge in [0.1, 0.15) is 4.88 Å². The number of carbonyl (C=O) groups is 2. The zero-order chi connectivity index (χ0) is 23.7. The highest BCUT2D eigenvalue weighted by atomic mass is 32.1. The van der Waals surface area contributed by atoms with Crippen LogP contribution < -0.4 is 5.32 Å². The topological polar surface area (TPSA) is 89.0 Å². The lowest BCUT2D eigenvalue weighted by molar-refractivity contribution is -0.129. The van der Waals surface area contributed by atoms with E-state index < -0.39 is 6.10 Å². The average Bonchev–Trinajstić information content (AvgIpc) is 3.32. The van der Waals surface area contributed by atoms with Gasteiger partial charge in [-0.3, -0.25) is 14.5 Å². The number of nitrogens with zero attached hydrogens (tertiary/aromatic N) is 4. The fourth-order valence-corrected chi connectivity index (χ4v) is 6.30. The number of piperidine rings is 2. The molecule has 0 bridgehead atoms. The molecule has 2 unspecified atom stereocenters. The van der Waals surface area contributed by atoms with Crippen LogP contribution in [0, 0.1) is 0 Å². The van der Waals surface area contributed by atoms with E-state index in [0.717, 1.165) is 57.0 Å². The first-order valence-electron chi connectivity index (χ1n) is 12.2. The van der Waals surface area contributed by atoms with Crippen LogP contribution in [0.3, 0.4) is 0 Å². The van der Waals surface area contributed by atoms with Crippen LogP contribution in [0.1, 0.15) is 47.0 Å². The Morgan fingerprint density at radius 1 is 1.06 bits per heavy atom. The number of thiazole rings is 1. The lowest BCUT2D eigenvalue weighted by atomic mass is 9.94. The van der Waals surface area contributed by atoms with E-state index >= 15 is 0 Å². The van der Waals surface area contributed by atoms with E-state index in [-0.39, 0.29) is 23.9 Å². The fraction of sp³-hybridized carbons (Fsp3) is 0.560. The summed E-state index contributed by atoms with van der Waals surface area (Å²) in [5, 5.41) is 15.1. The summed E-state index contributed by atoms with van der Waals surface area (Å²) >= 11 is 1.37. The molecule has 9 heteroatoms. The van der Waals surface area contributed by atoms with Crippen molar-refractivity contribution < 1.29 is 14.7 Å². The maximum Gasteiger partial charge on any atom is 0.265 e. The van der Waals surface area contributed by atoms with Crippen molar-refractivity contribution in [1.29, 1.82) is 0 Å². The molecule has 2 fully saturated rings. The van der Waals surface area contributed by atoms with Crippen LogP contribution in [-0.2, 0) is 17.8 Å². The molecule has 1 aromatic carbocycles. The molecule has 2 aromatic rings. The molecule has 3 aliphatic heterocycles. The van der Waals surface area contributed by atoms with Gasteiger partial charge in [-0.05, 0) is 36.8 Å². The highest BCUT2D eigenvalue weighted by molar-refractivity contribution is 7.17. The number of likely N-dealkylation sites (tertiary alicyclic amines) is 2. The van der Waals surface area contributed by atoms with E-state index in [2.05, 4.69) is 39.5 Å². The van der Waals surface area contributed by atoms with Crippen molar-refractivity contribution in [2.24, 2.45) is 0 Å². The fourth-order valence-electron chi connectivity index (χ4n) is 5.44. The van der Waals surface area contributed by atoms with Crippen LogP contribution in [0.4, 0.5) is 5.13 Å². The Bertz CT molecular complexity index is 1040. The first-order valence-corrected chi connectivity index (χ1v) is 13.1. The van der Waals surface area contributed by atoms with E-state index in [0.29, 0.717) is 18.0 Å². The molecular weight excluding hydrogens is 450 g/mol. The number of benzene rings is 1. The number of amides is 2. The van der Waals surface area contributed by atoms with Crippen LogP contribution in [0.25, 0.3) is 0 Å². The summed E-state index contributed by atoms with van der Waals surface area (Å²) in [6, 6.07) is 8.87. The highest BCUT2D eigenvalue weighted by Gasteiger charge is 2.36. The molecule has 1 aromatic heterocycles. The van der Waals surface area contributed by atoms with Crippen LogP contribution >= 0.6 is 11.3 Å². The molecule has 2 amide bonds. The van der Waals surface area contributed by atoms with Gasteiger partial charge in [-0.2, -0.15) is 0 Å². The number of nitrogens with one attached hydrogen (secondary N) is 1. The lowest BCUT2D eigenvalue weighted by Gasteiger charge is -2.43. The molecule has 0 saturated carbocycles. The summed E-state index contributed by atoms with van der Waals surface area (Å²) in [5.41, 5.74) is 2.75. The number of rotatable bonds is 4. The Labute approximate surface area is 204 Å². The zero-order valence-corrected chi connectivity index (χ0v) is 20.5. The average molecular weight is 484 g/mol. The molecule has 0 radical (unpaired) electrons. The second kappa shape index (κ2) is 10.0. The van der Waals surface area contributed by atoms with E-state index in [1.165, 1.54) is 22.5 Å². The molecule has 34 heavy (non-hydrogen) atoms. The number of aliphatic hydroxyl groups is 1. The van der Waals surface area contributed by atoms with Crippen LogP contribution in [0.5, 0.6) is 0 Å². The second-order valence-electron chi connectivity index (χ2n) is 9.62. The third-order valence-corrected chi connectivity index (χ3v) is 8.36. The molecule has 2 atom stereocenters. The van der Waals surface area contributed by atoms with Gasteiger partial charge in [-0.15, -0.1) is 0 Å². The summed E-state index contributed by atoms with van der Waals surface area (Å²) < 4.78 is 0. The van der Waals surface area contributed by atoms with Gasteiger partial charge in [0.25, 0.3) is 5.91 Å². The number of carbonyl (C=O) groups excluding carboxylic acids is 2. The summed E-state index contributed by atoms with van der Waals surface area (Å²) in [4.78, 5) is 35.6. The van der Waals surface area contributed by atoms with Gasteiger partial charge in [0.15, 0.2) is 5.13 Å². The van der Waals surface area contributed by atoms with E-state index in [4.69, 9.17) is 0 Å². The van der Waals surface area contributed by atoms with Crippen molar-refractivity contribution in [3.05, 3.63) is 46.5 Å². The number of β-amino-alcohol motifs (C(OH)–C–C–N with tert-alkyl or cyclic N) is 1. The van der Waals surface area contributed by atoms with Gasteiger partial charge in [0.2, 0.25) is 5.91 Å². The largest absolute Gasteiger partial charge is 0.390 e. The number of fused-ring (bicyclic) bond motifs is 1. The molecule has 2 N–H and O–H groups in total. The van der Waals surface area contributed by atoms with Crippen molar-refractivity contribution in [2.75, 3.05) is 38.0 Å². The Balaban J connectivity index is 1.14. The number of aromatic nitrogens is 1. The van der Waals surface area contributed by atoms with Gasteiger partial charge in [-0.25, -0.2) is 4.98 Å². The minimum Gasteiger partial charge on any atom is -0.390 e. The molecule has 0 spiro atoms. The van der Waals surface area contributed by atoms with Crippen LogP contribution in [-0.4, -0.2) is 87.5 Å². The molecule has 4 heterocycles. The summed E-state index contributed by atoms with van der Waals surface area (Å²) in [7, 11) is 0. The monoisotopic (exact) mass is 483 g/mol. The number of hydrogen-bond acceptors (Lipinski definition) is 7. The van der Waals surface area contributed by atoms with E-state index in [1.807, 2.05) is 4.90 Å².